The van der Waals surface area contributed by atoms with Crippen molar-refractivity contribution >= 4 is 5.69 Å². The Balaban J connectivity index is 1.38. The summed E-state index contributed by atoms with van der Waals surface area (Å²) < 4.78 is 0. The monoisotopic (exact) mass is 317 g/mol. The van der Waals surface area contributed by atoms with E-state index in [4.69, 9.17) is 0 Å². The molecule has 23 heavy (non-hydrogen) atoms. The van der Waals surface area contributed by atoms with E-state index in [9.17, 15) is 5.11 Å². The van der Waals surface area contributed by atoms with E-state index >= 15 is 0 Å². The van der Waals surface area contributed by atoms with Gasteiger partial charge in [0.15, 0.2) is 0 Å². The van der Waals surface area contributed by atoms with Crippen molar-refractivity contribution in [1.29, 1.82) is 0 Å². The van der Waals surface area contributed by atoms with Crippen LogP contribution in [-0.2, 0) is 6.42 Å². The summed E-state index contributed by atoms with van der Waals surface area (Å²) in [6.07, 6.45) is 4.20. The van der Waals surface area contributed by atoms with E-state index in [1.807, 2.05) is 0 Å². The summed E-state index contributed by atoms with van der Waals surface area (Å²) in [5, 5.41) is 9.83. The van der Waals surface area contributed by atoms with Crippen LogP contribution in [0.5, 0.6) is 0 Å². The molecule has 0 saturated carbocycles. The number of nitrogens with zero attached hydrogens (tertiary/aromatic N) is 3. The Morgan fingerprint density at radius 1 is 1.00 bits per heavy atom. The normalized spacial score (nSPS) is 23.6. The van der Waals surface area contributed by atoms with E-state index in [1.165, 1.54) is 17.7 Å². The maximum Gasteiger partial charge on any atom is 0.107 e. The fraction of sp³-hybridized carbons (Fsp3) is 0.684. The highest BCUT2D eigenvalue weighted by molar-refractivity contribution is 5.48. The summed E-state index contributed by atoms with van der Waals surface area (Å²) in [6.45, 7) is 10.0. The van der Waals surface area contributed by atoms with Crippen molar-refractivity contribution < 1.29 is 5.11 Å². The lowest BCUT2D eigenvalue weighted by molar-refractivity contribution is 0.0356. The molecule has 0 aliphatic carbocycles. The number of aliphatic hydroxyl groups excluding tert-OH is 1. The zero-order valence-electron chi connectivity index (χ0n) is 14.5. The highest BCUT2D eigenvalue weighted by Gasteiger charge is 2.22. The Morgan fingerprint density at radius 3 is 2.35 bits per heavy atom. The molecule has 4 heteroatoms. The average Bonchev–Trinajstić information content (AvgIpc) is 3.01. The van der Waals surface area contributed by atoms with Crippen molar-refractivity contribution in [3.05, 3.63) is 29.8 Å². The van der Waals surface area contributed by atoms with E-state index in [0.29, 0.717) is 0 Å². The number of hydrogen-bond acceptors (Lipinski definition) is 4. The SMILES string of the molecule is CCc1ccc(N2CCN(CCCN3CCCC3O)CC2)cc1. The first kappa shape index (κ1) is 16.7. The second kappa shape index (κ2) is 8.13. The van der Waals surface area contributed by atoms with Gasteiger partial charge in [-0.1, -0.05) is 19.1 Å². The standard InChI is InChI=1S/C19H31N3O/c1-2-17-6-8-18(9-7-17)21-15-13-20(14-16-21)10-4-12-22-11-3-5-19(22)23/h6-9,19,23H,2-5,10-16H2,1H3. The van der Waals surface area contributed by atoms with Gasteiger partial charge in [-0.05, 0) is 49.9 Å². The molecule has 1 N–H and O–H groups in total. The summed E-state index contributed by atoms with van der Waals surface area (Å²) in [5.41, 5.74) is 2.78. The maximum atomic E-state index is 9.83. The van der Waals surface area contributed by atoms with Crippen molar-refractivity contribution in [2.75, 3.05) is 50.7 Å². The molecule has 1 unspecified atom stereocenters. The molecule has 2 saturated heterocycles. The van der Waals surface area contributed by atoms with Crippen LogP contribution in [0.1, 0.15) is 31.7 Å². The number of likely N-dealkylation sites (tertiary alicyclic amines) is 1. The number of benzene rings is 1. The smallest absolute Gasteiger partial charge is 0.107 e. The molecular weight excluding hydrogens is 286 g/mol. The number of piperazine rings is 1. The summed E-state index contributed by atoms with van der Waals surface area (Å²) >= 11 is 0. The van der Waals surface area contributed by atoms with Gasteiger partial charge in [0, 0.05) is 45.0 Å². The lowest BCUT2D eigenvalue weighted by Gasteiger charge is -2.36. The molecule has 4 nitrogen and oxygen atoms in total. The van der Waals surface area contributed by atoms with Gasteiger partial charge in [0.25, 0.3) is 0 Å². The molecule has 3 rings (SSSR count). The maximum absolute atomic E-state index is 9.83. The Kier molecular flexibility index (Phi) is 5.92. The molecule has 1 atom stereocenters. The second-order valence-corrected chi connectivity index (χ2v) is 6.86. The Labute approximate surface area is 140 Å². The predicted molar refractivity (Wildman–Crippen MR) is 95.9 cm³/mol. The zero-order chi connectivity index (χ0) is 16.1. The second-order valence-electron chi connectivity index (χ2n) is 6.86. The van der Waals surface area contributed by atoms with Gasteiger partial charge in [0.1, 0.15) is 6.23 Å². The van der Waals surface area contributed by atoms with Crippen molar-refractivity contribution in [3.63, 3.8) is 0 Å². The third-order valence-electron chi connectivity index (χ3n) is 5.33. The minimum Gasteiger partial charge on any atom is -0.378 e. The minimum atomic E-state index is -0.182. The summed E-state index contributed by atoms with van der Waals surface area (Å²) in [6, 6.07) is 9.04. The third kappa shape index (κ3) is 4.46. The fourth-order valence-electron chi connectivity index (χ4n) is 3.74. The molecule has 128 valence electrons. The first-order valence-electron chi connectivity index (χ1n) is 9.24. The molecule has 1 aromatic carbocycles. The van der Waals surface area contributed by atoms with E-state index in [-0.39, 0.29) is 6.23 Å². The van der Waals surface area contributed by atoms with Crippen LogP contribution in [0.15, 0.2) is 24.3 Å². The van der Waals surface area contributed by atoms with E-state index < -0.39 is 0 Å². The van der Waals surface area contributed by atoms with Gasteiger partial charge < -0.3 is 10.0 Å². The van der Waals surface area contributed by atoms with Crippen LogP contribution < -0.4 is 4.90 Å². The fourth-order valence-corrected chi connectivity index (χ4v) is 3.74. The van der Waals surface area contributed by atoms with Gasteiger partial charge in [0.05, 0.1) is 0 Å². The molecule has 0 bridgehead atoms. The molecule has 0 spiro atoms. The highest BCUT2D eigenvalue weighted by atomic mass is 16.3. The highest BCUT2D eigenvalue weighted by Crippen LogP contribution is 2.18. The summed E-state index contributed by atoms with van der Waals surface area (Å²) in [7, 11) is 0. The number of anilines is 1. The summed E-state index contributed by atoms with van der Waals surface area (Å²) in [5.74, 6) is 0. The number of hydrogen-bond donors (Lipinski definition) is 1. The van der Waals surface area contributed by atoms with Crippen LogP contribution in [0.3, 0.4) is 0 Å². The van der Waals surface area contributed by atoms with Crippen molar-refractivity contribution in [2.24, 2.45) is 0 Å². The first-order chi connectivity index (χ1) is 11.3. The average molecular weight is 317 g/mol. The van der Waals surface area contributed by atoms with Crippen molar-refractivity contribution in [3.8, 4) is 0 Å². The third-order valence-corrected chi connectivity index (χ3v) is 5.33. The van der Waals surface area contributed by atoms with Gasteiger partial charge >= 0.3 is 0 Å². The molecule has 2 aliphatic heterocycles. The van der Waals surface area contributed by atoms with Crippen molar-refractivity contribution in [1.82, 2.24) is 9.80 Å². The topological polar surface area (TPSA) is 30.0 Å². The Hall–Kier alpha value is -1.10. The molecule has 2 heterocycles. The van der Waals surface area contributed by atoms with Gasteiger partial charge in [-0.25, -0.2) is 0 Å². The van der Waals surface area contributed by atoms with Crippen LogP contribution in [0.2, 0.25) is 0 Å². The molecule has 0 aromatic heterocycles. The van der Waals surface area contributed by atoms with Gasteiger partial charge in [0.2, 0.25) is 0 Å². The lowest BCUT2D eigenvalue weighted by atomic mass is 10.1. The molecule has 1 aromatic rings. The minimum absolute atomic E-state index is 0.182. The Morgan fingerprint density at radius 2 is 1.74 bits per heavy atom. The van der Waals surface area contributed by atoms with Crippen LogP contribution in [-0.4, -0.2) is 66.9 Å². The van der Waals surface area contributed by atoms with Crippen LogP contribution >= 0.6 is 0 Å². The van der Waals surface area contributed by atoms with Gasteiger partial charge in [-0.2, -0.15) is 0 Å². The van der Waals surface area contributed by atoms with Crippen LogP contribution in [0.25, 0.3) is 0 Å². The molecular formula is C19H31N3O. The van der Waals surface area contributed by atoms with E-state index in [1.54, 1.807) is 0 Å². The lowest BCUT2D eigenvalue weighted by Crippen LogP contribution is -2.47. The van der Waals surface area contributed by atoms with Gasteiger partial charge in [-0.3, -0.25) is 9.80 Å². The zero-order valence-corrected chi connectivity index (χ0v) is 14.5. The van der Waals surface area contributed by atoms with Crippen LogP contribution in [0, 0.1) is 0 Å². The largest absolute Gasteiger partial charge is 0.378 e. The van der Waals surface area contributed by atoms with E-state index in [2.05, 4.69) is 45.9 Å². The summed E-state index contributed by atoms with van der Waals surface area (Å²) in [4.78, 5) is 7.30. The Bertz CT molecular complexity index is 468. The molecule has 2 aliphatic rings. The quantitative estimate of drug-likeness (QED) is 0.871. The predicted octanol–water partition coefficient (Wildman–Crippen LogP) is 2.18. The number of aliphatic hydroxyl groups is 1. The van der Waals surface area contributed by atoms with Crippen LogP contribution in [0.4, 0.5) is 5.69 Å². The van der Waals surface area contributed by atoms with Crippen molar-refractivity contribution in [2.45, 2.75) is 38.8 Å². The molecule has 0 amide bonds. The first-order valence-corrected chi connectivity index (χ1v) is 9.24. The number of rotatable bonds is 6. The van der Waals surface area contributed by atoms with E-state index in [0.717, 1.165) is 65.1 Å². The molecule has 2 fully saturated rings. The van der Waals surface area contributed by atoms with Gasteiger partial charge in [-0.15, -0.1) is 0 Å². The molecule has 0 radical (unpaired) electrons. The number of aryl methyl sites for hydroxylation is 1.